The lowest BCUT2D eigenvalue weighted by atomic mass is 9.93. The molecule has 126 valence electrons. The van der Waals surface area contributed by atoms with Crippen LogP contribution in [0.5, 0.6) is 0 Å². The monoisotopic (exact) mass is 311 g/mol. The first-order valence-electron chi connectivity index (χ1n) is 8.03. The number of hydrogen-bond donors (Lipinski definition) is 3. The van der Waals surface area contributed by atoms with Crippen LogP contribution in [-0.2, 0) is 9.59 Å². The highest BCUT2D eigenvalue weighted by Gasteiger charge is 2.23. The predicted octanol–water partition coefficient (Wildman–Crippen LogP) is -0.0639. The Morgan fingerprint density at radius 3 is 2.41 bits per heavy atom. The number of likely N-dealkylation sites (tertiary alicyclic amines) is 1. The number of nitrogens with zero attached hydrogens (tertiary/aromatic N) is 2. The number of nitrogens with one attached hydrogen (secondary N) is 3. The van der Waals surface area contributed by atoms with E-state index in [9.17, 15) is 9.59 Å². The SMILES string of the molecule is CCCNC(=O)CNC(=NC)N1CCC(CC(=O)NC)CC1. The number of hydrogen-bond acceptors (Lipinski definition) is 3. The topological polar surface area (TPSA) is 85.8 Å². The first-order chi connectivity index (χ1) is 10.6. The average molecular weight is 311 g/mol. The molecule has 1 fully saturated rings. The molecule has 3 N–H and O–H groups in total. The Hall–Kier alpha value is -1.79. The van der Waals surface area contributed by atoms with E-state index in [1.54, 1.807) is 14.1 Å². The molecule has 1 heterocycles. The molecule has 1 aliphatic rings. The molecule has 1 rings (SSSR count). The van der Waals surface area contributed by atoms with E-state index in [1.807, 2.05) is 6.92 Å². The van der Waals surface area contributed by atoms with E-state index in [-0.39, 0.29) is 18.4 Å². The van der Waals surface area contributed by atoms with Crippen LogP contribution in [0.4, 0.5) is 0 Å². The molecule has 0 aromatic rings. The second-order valence-electron chi connectivity index (χ2n) is 5.56. The normalized spacial score (nSPS) is 16.3. The van der Waals surface area contributed by atoms with Crippen LogP contribution in [0.25, 0.3) is 0 Å². The highest BCUT2D eigenvalue weighted by atomic mass is 16.2. The van der Waals surface area contributed by atoms with Gasteiger partial charge in [-0.15, -0.1) is 0 Å². The van der Waals surface area contributed by atoms with Crippen molar-refractivity contribution >= 4 is 17.8 Å². The molecule has 7 nitrogen and oxygen atoms in total. The van der Waals surface area contributed by atoms with Gasteiger partial charge in [0.15, 0.2) is 5.96 Å². The molecule has 2 amide bonds. The van der Waals surface area contributed by atoms with Crippen LogP contribution in [0.1, 0.15) is 32.6 Å². The van der Waals surface area contributed by atoms with Crippen molar-refractivity contribution in [3.63, 3.8) is 0 Å². The summed E-state index contributed by atoms with van der Waals surface area (Å²) in [7, 11) is 3.40. The van der Waals surface area contributed by atoms with E-state index < -0.39 is 0 Å². The van der Waals surface area contributed by atoms with Crippen molar-refractivity contribution in [2.45, 2.75) is 32.6 Å². The van der Waals surface area contributed by atoms with E-state index in [1.165, 1.54) is 0 Å². The third kappa shape index (κ3) is 6.32. The van der Waals surface area contributed by atoms with Crippen molar-refractivity contribution in [2.75, 3.05) is 40.3 Å². The summed E-state index contributed by atoms with van der Waals surface area (Å²) < 4.78 is 0. The summed E-state index contributed by atoms with van der Waals surface area (Å²) >= 11 is 0. The number of carbonyl (C=O) groups is 2. The molecule has 0 aromatic heterocycles. The van der Waals surface area contributed by atoms with E-state index in [4.69, 9.17) is 0 Å². The van der Waals surface area contributed by atoms with Gasteiger partial charge in [-0.2, -0.15) is 0 Å². The second-order valence-corrected chi connectivity index (χ2v) is 5.56. The van der Waals surface area contributed by atoms with Crippen molar-refractivity contribution in [3.05, 3.63) is 0 Å². The summed E-state index contributed by atoms with van der Waals surface area (Å²) in [5.74, 6) is 1.28. The average Bonchev–Trinajstić information content (AvgIpc) is 2.54. The molecule has 0 saturated carbocycles. The van der Waals surface area contributed by atoms with Gasteiger partial charge in [-0.1, -0.05) is 6.92 Å². The zero-order valence-corrected chi connectivity index (χ0v) is 13.9. The van der Waals surface area contributed by atoms with Crippen LogP contribution < -0.4 is 16.0 Å². The summed E-state index contributed by atoms with van der Waals surface area (Å²) in [6, 6.07) is 0. The van der Waals surface area contributed by atoms with E-state index in [2.05, 4.69) is 25.8 Å². The number of aliphatic imine (C=N–C) groups is 1. The van der Waals surface area contributed by atoms with Crippen molar-refractivity contribution in [1.82, 2.24) is 20.9 Å². The minimum atomic E-state index is -0.0162. The molecule has 0 atom stereocenters. The largest absolute Gasteiger partial charge is 0.359 e. The lowest BCUT2D eigenvalue weighted by molar-refractivity contribution is -0.122. The van der Waals surface area contributed by atoms with E-state index in [0.717, 1.165) is 38.3 Å². The van der Waals surface area contributed by atoms with Gasteiger partial charge in [0.25, 0.3) is 0 Å². The molecule has 0 radical (unpaired) electrons. The van der Waals surface area contributed by atoms with Gasteiger partial charge in [-0.3, -0.25) is 14.6 Å². The number of guanidine groups is 1. The Labute approximate surface area is 132 Å². The molecule has 0 aromatic carbocycles. The maximum atomic E-state index is 11.6. The maximum Gasteiger partial charge on any atom is 0.239 e. The molecule has 0 bridgehead atoms. The Morgan fingerprint density at radius 2 is 1.86 bits per heavy atom. The van der Waals surface area contributed by atoms with Gasteiger partial charge < -0.3 is 20.9 Å². The quantitative estimate of drug-likeness (QED) is 0.474. The van der Waals surface area contributed by atoms with Crippen molar-refractivity contribution in [2.24, 2.45) is 10.9 Å². The molecular weight excluding hydrogens is 282 g/mol. The highest BCUT2D eigenvalue weighted by Crippen LogP contribution is 2.20. The molecule has 1 aliphatic heterocycles. The van der Waals surface area contributed by atoms with Gasteiger partial charge in [0.1, 0.15) is 0 Å². The predicted molar refractivity (Wildman–Crippen MR) is 87.6 cm³/mol. The van der Waals surface area contributed by atoms with Crippen LogP contribution in [-0.4, -0.2) is 62.9 Å². The van der Waals surface area contributed by atoms with Gasteiger partial charge >= 0.3 is 0 Å². The van der Waals surface area contributed by atoms with Gasteiger partial charge in [0, 0.05) is 40.2 Å². The summed E-state index contributed by atoms with van der Waals surface area (Å²) in [5, 5.41) is 8.60. The fourth-order valence-electron chi connectivity index (χ4n) is 2.53. The Kier molecular flexibility index (Phi) is 8.32. The molecular formula is C15H29N5O2. The number of carbonyl (C=O) groups excluding carboxylic acids is 2. The summed E-state index contributed by atoms with van der Waals surface area (Å²) in [6.45, 7) is 4.68. The minimum absolute atomic E-state index is 0.0162. The van der Waals surface area contributed by atoms with Crippen LogP contribution in [0.3, 0.4) is 0 Å². The Balaban J connectivity index is 2.34. The number of amides is 2. The summed E-state index contributed by atoms with van der Waals surface area (Å²) in [4.78, 5) is 29.4. The standard InChI is InChI=1S/C15H29N5O2/c1-4-7-18-14(22)11-19-15(17-3)20-8-5-12(6-9-20)10-13(21)16-2/h12H,4-11H2,1-3H3,(H,16,21)(H,17,19)(H,18,22). The lowest BCUT2D eigenvalue weighted by Crippen LogP contribution is -2.48. The lowest BCUT2D eigenvalue weighted by Gasteiger charge is -2.33. The summed E-state index contributed by atoms with van der Waals surface area (Å²) in [5.41, 5.74) is 0. The van der Waals surface area contributed by atoms with Gasteiger partial charge in [0.2, 0.25) is 11.8 Å². The van der Waals surface area contributed by atoms with Crippen LogP contribution in [0, 0.1) is 5.92 Å². The third-order valence-electron chi connectivity index (χ3n) is 3.86. The molecule has 0 unspecified atom stereocenters. The molecule has 7 heteroatoms. The van der Waals surface area contributed by atoms with Crippen molar-refractivity contribution in [3.8, 4) is 0 Å². The van der Waals surface area contributed by atoms with Gasteiger partial charge in [-0.25, -0.2) is 0 Å². The number of rotatable bonds is 6. The van der Waals surface area contributed by atoms with Crippen molar-refractivity contribution < 1.29 is 9.59 Å². The molecule has 0 spiro atoms. The molecule has 0 aliphatic carbocycles. The number of piperidine rings is 1. The first kappa shape index (κ1) is 18.3. The highest BCUT2D eigenvalue weighted by molar-refractivity contribution is 5.86. The van der Waals surface area contributed by atoms with Gasteiger partial charge in [-0.05, 0) is 25.2 Å². The van der Waals surface area contributed by atoms with Gasteiger partial charge in [0.05, 0.1) is 6.54 Å². The zero-order chi connectivity index (χ0) is 16.4. The third-order valence-corrected chi connectivity index (χ3v) is 3.86. The van der Waals surface area contributed by atoms with Crippen molar-refractivity contribution in [1.29, 1.82) is 0 Å². The molecule has 22 heavy (non-hydrogen) atoms. The smallest absolute Gasteiger partial charge is 0.239 e. The zero-order valence-electron chi connectivity index (χ0n) is 13.9. The first-order valence-corrected chi connectivity index (χ1v) is 8.03. The van der Waals surface area contributed by atoms with Crippen LogP contribution in [0.2, 0.25) is 0 Å². The maximum absolute atomic E-state index is 11.6. The fourth-order valence-corrected chi connectivity index (χ4v) is 2.53. The van der Waals surface area contributed by atoms with E-state index in [0.29, 0.717) is 18.9 Å². The summed E-state index contributed by atoms with van der Waals surface area (Å²) in [6.07, 6.45) is 3.46. The second kappa shape index (κ2) is 10.0. The fraction of sp³-hybridized carbons (Fsp3) is 0.800. The van der Waals surface area contributed by atoms with E-state index >= 15 is 0 Å². The Morgan fingerprint density at radius 1 is 1.18 bits per heavy atom. The van der Waals surface area contributed by atoms with Crippen LogP contribution in [0.15, 0.2) is 4.99 Å². The Bertz CT molecular complexity index is 389. The minimum Gasteiger partial charge on any atom is -0.359 e. The molecule has 1 saturated heterocycles. The van der Waals surface area contributed by atoms with Crippen LogP contribution >= 0.6 is 0 Å².